The molecule has 0 bridgehead atoms. The minimum atomic E-state index is -1.22. The number of non-ortho nitro benzene ring substituents is 1. The Balaban J connectivity index is 3.01. The third-order valence-corrected chi connectivity index (χ3v) is 2.06. The standard InChI is InChI=1S/C10H10N2O6/c1-18-10(15)11(6-9(13)14)7-2-4-8(5-3-7)12(16)17/h2-5H,6H2,1H3,(H,13,14). The summed E-state index contributed by atoms with van der Waals surface area (Å²) in [5.74, 6) is -1.22. The highest BCUT2D eigenvalue weighted by Crippen LogP contribution is 2.19. The van der Waals surface area contributed by atoms with E-state index in [9.17, 15) is 19.7 Å². The van der Waals surface area contributed by atoms with E-state index in [2.05, 4.69) is 4.74 Å². The molecule has 0 saturated heterocycles. The van der Waals surface area contributed by atoms with Gasteiger partial charge in [0.15, 0.2) is 0 Å². The average Bonchev–Trinajstić information content (AvgIpc) is 2.35. The molecule has 0 atom stereocenters. The molecule has 0 aliphatic carbocycles. The van der Waals surface area contributed by atoms with E-state index >= 15 is 0 Å². The number of amides is 1. The molecule has 1 rings (SSSR count). The van der Waals surface area contributed by atoms with Gasteiger partial charge in [-0.3, -0.25) is 19.8 Å². The fourth-order valence-corrected chi connectivity index (χ4v) is 1.26. The first-order valence-electron chi connectivity index (χ1n) is 4.77. The van der Waals surface area contributed by atoms with Crippen molar-refractivity contribution in [2.45, 2.75) is 0 Å². The number of benzene rings is 1. The third-order valence-electron chi connectivity index (χ3n) is 2.06. The summed E-state index contributed by atoms with van der Waals surface area (Å²) >= 11 is 0. The van der Waals surface area contributed by atoms with Crippen LogP contribution in [0.25, 0.3) is 0 Å². The molecule has 0 aromatic heterocycles. The van der Waals surface area contributed by atoms with Gasteiger partial charge in [0.25, 0.3) is 5.69 Å². The maximum Gasteiger partial charge on any atom is 0.414 e. The number of nitro groups is 1. The van der Waals surface area contributed by atoms with Crippen molar-refractivity contribution < 1.29 is 24.4 Å². The number of aliphatic carboxylic acids is 1. The van der Waals surface area contributed by atoms with Crippen LogP contribution in [0.1, 0.15) is 0 Å². The second kappa shape index (κ2) is 5.62. The molecule has 0 heterocycles. The topological polar surface area (TPSA) is 110 Å². The van der Waals surface area contributed by atoms with Crippen molar-refractivity contribution in [2.24, 2.45) is 0 Å². The number of nitro benzene ring substituents is 1. The Morgan fingerprint density at radius 3 is 2.33 bits per heavy atom. The Morgan fingerprint density at radius 1 is 1.39 bits per heavy atom. The van der Waals surface area contributed by atoms with Gasteiger partial charge in [-0.1, -0.05) is 0 Å². The Labute approximate surface area is 102 Å². The maximum atomic E-state index is 11.4. The van der Waals surface area contributed by atoms with Crippen LogP contribution in [0, 0.1) is 10.1 Å². The van der Waals surface area contributed by atoms with E-state index in [1.165, 1.54) is 24.3 Å². The fraction of sp³-hybridized carbons (Fsp3) is 0.200. The first-order chi connectivity index (χ1) is 8.45. The molecule has 1 aromatic carbocycles. The van der Waals surface area contributed by atoms with E-state index in [1.807, 2.05) is 0 Å². The van der Waals surface area contributed by atoms with Crippen LogP contribution in [-0.2, 0) is 9.53 Å². The van der Waals surface area contributed by atoms with Crippen LogP contribution < -0.4 is 4.90 Å². The Hall–Kier alpha value is -2.64. The molecule has 0 aliphatic heterocycles. The summed E-state index contributed by atoms with van der Waals surface area (Å²) in [6, 6.07) is 4.90. The van der Waals surface area contributed by atoms with E-state index < -0.39 is 23.5 Å². The first kappa shape index (κ1) is 13.4. The molecule has 0 saturated carbocycles. The van der Waals surface area contributed by atoms with Gasteiger partial charge in [-0.2, -0.15) is 0 Å². The molecule has 0 radical (unpaired) electrons. The monoisotopic (exact) mass is 254 g/mol. The Morgan fingerprint density at radius 2 is 1.94 bits per heavy atom. The van der Waals surface area contributed by atoms with Crippen molar-refractivity contribution in [3.05, 3.63) is 34.4 Å². The normalized spacial score (nSPS) is 9.61. The number of ether oxygens (including phenoxy) is 1. The molecule has 8 heteroatoms. The number of hydrogen-bond donors (Lipinski definition) is 1. The summed E-state index contributed by atoms with van der Waals surface area (Å²) in [6.45, 7) is -0.593. The molecule has 1 N–H and O–H groups in total. The number of carboxylic acids is 1. The number of anilines is 1. The second-order valence-electron chi connectivity index (χ2n) is 3.22. The molecule has 0 aliphatic rings. The highest BCUT2D eigenvalue weighted by molar-refractivity contribution is 5.92. The number of rotatable bonds is 4. The average molecular weight is 254 g/mol. The second-order valence-corrected chi connectivity index (χ2v) is 3.22. The quantitative estimate of drug-likeness (QED) is 0.639. The summed E-state index contributed by atoms with van der Waals surface area (Å²) in [5.41, 5.74) is 0.0498. The van der Waals surface area contributed by atoms with Crippen LogP contribution in [0.15, 0.2) is 24.3 Å². The lowest BCUT2D eigenvalue weighted by Crippen LogP contribution is -2.35. The highest BCUT2D eigenvalue weighted by atomic mass is 16.6. The van der Waals surface area contributed by atoms with Crippen molar-refractivity contribution in [3.63, 3.8) is 0 Å². The van der Waals surface area contributed by atoms with E-state index in [0.717, 1.165) is 12.0 Å². The van der Waals surface area contributed by atoms with Crippen molar-refractivity contribution >= 4 is 23.4 Å². The predicted octanol–water partition coefficient (Wildman–Crippen LogP) is 1.25. The Bertz CT molecular complexity index is 470. The van der Waals surface area contributed by atoms with Gasteiger partial charge in [0.05, 0.1) is 12.0 Å². The number of nitrogens with zero attached hydrogens (tertiary/aromatic N) is 2. The lowest BCUT2D eigenvalue weighted by molar-refractivity contribution is -0.384. The summed E-state index contributed by atoms with van der Waals surface area (Å²) in [6.07, 6.45) is -0.855. The van der Waals surface area contributed by atoms with Crippen molar-refractivity contribution in [1.82, 2.24) is 0 Å². The van der Waals surface area contributed by atoms with Gasteiger partial charge in [-0.15, -0.1) is 0 Å². The van der Waals surface area contributed by atoms with Crippen LogP contribution in [0.5, 0.6) is 0 Å². The minimum absolute atomic E-state index is 0.154. The van der Waals surface area contributed by atoms with Gasteiger partial charge in [0, 0.05) is 17.8 Å². The van der Waals surface area contributed by atoms with E-state index in [4.69, 9.17) is 5.11 Å². The SMILES string of the molecule is COC(=O)N(CC(=O)O)c1ccc([N+](=O)[O-])cc1. The van der Waals surface area contributed by atoms with Gasteiger partial charge < -0.3 is 9.84 Å². The maximum absolute atomic E-state index is 11.4. The number of methoxy groups -OCH3 is 1. The molecule has 0 fully saturated rings. The summed E-state index contributed by atoms with van der Waals surface area (Å²) in [4.78, 5) is 32.7. The predicted molar refractivity (Wildman–Crippen MR) is 60.5 cm³/mol. The lowest BCUT2D eigenvalue weighted by atomic mass is 10.2. The van der Waals surface area contributed by atoms with Gasteiger partial charge in [0.1, 0.15) is 6.54 Å². The molecule has 0 spiro atoms. The molecule has 8 nitrogen and oxygen atoms in total. The van der Waals surface area contributed by atoms with E-state index in [-0.39, 0.29) is 11.4 Å². The van der Waals surface area contributed by atoms with Gasteiger partial charge >= 0.3 is 12.1 Å². The van der Waals surface area contributed by atoms with E-state index in [0.29, 0.717) is 0 Å². The van der Waals surface area contributed by atoms with Crippen LogP contribution in [0.2, 0.25) is 0 Å². The van der Waals surface area contributed by atoms with Crippen molar-refractivity contribution in [1.29, 1.82) is 0 Å². The number of hydrogen-bond acceptors (Lipinski definition) is 5. The fourth-order valence-electron chi connectivity index (χ4n) is 1.26. The number of carboxylic acid groups (broad SMARTS) is 1. The number of carbonyl (C=O) groups excluding carboxylic acids is 1. The molecule has 0 unspecified atom stereocenters. The summed E-state index contributed by atoms with van der Waals surface area (Å²) in [5, 5.41) is 19.1. The van der Waals surface area contributed by atoms with Crippen LogP contribution >= 0.6 is 0 Å². The zero-order valence-corrected chi connectivity index (χ0v) is 9.40. The molecule has 96 valence electrons. The minimum Gasteiger partial charge on any atom is -0.480 e. The number of carbonyl (C=O) groups is 2. The smallest absolute Gasteiger partial charge is 0.414 e. The van der Waals surface area contributed by atoms with Gasteiger partial charge in [-0.25, -0.2) is 4.79 Å². The molecular weight excluding hydrogens is 244 g/mol. The van der Waals surface area contributed by atoms with Crippen molar-refractivity contribution in [2.75, 3.05) is 18.6 Å². The van der Waals surface area contributed by atoms with E-state index in [1.54, 1.807) is 0 Å². The largest absolute Gasteiger partial charge is 0.480 e. The summed E-state index contributed by atoms with van der Waals surface area (Å²) < 4.78 is 4.44. The zero-order chi connectivity index (χ0) is 13.7. The lowest BCUT2D eigenvalue weighted by Gasteiger charge is -2.18. The zero-order valence-electron chi connectivity index (χ0n) is 9.40. The molecule has 1 amide bonds. The molecule has 1 aromatic rings. The van der Waals surface area contributed by atoms with Crippen LogP contribution in [-0.4, -0.2) is 35.7 Å². The first-order valence-corrected chi connectivity index (χ1v) is 4.77. The van der Waals surface area contributed by atoms with Crippen molar-refractivity contribution in [3.8, 4) is 0 Å². The van der Waals surface area contributed by atoms with Gasteiger partial charge in [-0.05, 0) is 12.1 Å². The third kappa shape index (κ3) is 3.17. The van der Waals surface area contributed by atoms with Gasteiger partial charge in [0.2, 0.25) is 0 Å². The highest BCUT2D eigenvalue weighted by Gasteiger charge is 2.20. The van der Waals surface area contributed by atoms with Crippen LogP contribution in [0.3, 0.4) is 0 Å². The molecular formula is C10H10N2O6. The molecule has 18 heavy (non-hydrogen) atoms. The Kier molecular flexibility index (Phi) is 4.19. The summed E-state index contributed by atoms with van der Waals surface area (Å²) in [7, 11) is 1.11. The van der Waals surface area contributed by atoms with Crippen LogP contribution in [0.4, 0.5) is 16.2 Å².